The van der Waals surface area contributed by atoms with Crippen LogP contribution in [0, 0.1) is 6.92 Å². The maximum atomic E-state index is 11.4. The zero-order valence-corrected chi connectivity index (χ0v) is 8.93. The minimum absolute atomic E-state index is 0.222. The van der Waals surface area contributed by atoms with Crippen LogP contribution in [0.1, 0.15) is 17.4 Å². The molecule has 1 N–H and O–H groups in total. The number of thiophene rings is 1. The van der Waals surface area contributed by atoms with Crippen LogP contribution in [0.25, 0.3) is 5.57 Å². The van der Waals surface area contributed by atoms with Crippen LogP contribution in [0.4, 0.5) is 0 Å². The highest BCUT2D eigenvalue weighted by atomic mass is 32.1. The van der Waals surface area contributed by atoms with Gasteiger partial charge in [0.25, 0.3) is 0 Å². The Morgan fingerprint density at radius 1 is 1.71 bits per heavy atom. The zero-order chi connectivity index (χ0) is 10.6. The van der Waals surface area contributed by atoms with Crippen LogP contribution >= 0.6 is 11.3 Å². The number of aliphatic hydroxyl groups excluding tert-OH is 1. The summed E-state index contributed by atoms with van der Waals surface area (Å²) < 4.78 is 4.81. The van der Waals surface area contributed by atoms with E-state index in [-0.39, 0.29) is 5.57 Å². The maximum Gasteiger partial charge on any atom is 0.342 e. The van der Waals surface area contributed by atoms with E-state index in [4.69, 9.17) is 9.84 Å². The number of ether oxygens (including phenoxy) is 1. The minimum atomic E-state index is -0.486. The van der Waals surface area contributed by atoms with Crippen molar-refractivity contribution >= 4 is 22.9 Å². The van der Waals surface area contributed by atoms with Gasteiger partial charge in [0.1, 0.15) is 5.57 Å². The highest BCUT2D eigenvalue weighted by Crippen LogP contribution is 2.25. The summed E-state index contributed by atoms with van der Waals surface area (Å²) in [6, 6.07) is 1.89. The Morgan fingerprint density at radius 2 is 2.43 bits per heavy atom. The maximum absolute atomic E-state index is 11.4. The minimum Gasteiger partial charge on any atom is -0.515 e. The van der Waals surface area contributed by atoms with E-state index in [9.17, 15) is 4.79 Å². The molecule has 1 heterocycles. The van der Waals surface area contributed by atoms with Gasteiger partial charge in [-0.3, -0.25) is 0 Å². The number of hydrogen-bond acceptors (Lipinski definition) is 4. The third-order valence-electron chi connectivity index (χ3n) is 1.73. The van der Waals surface area contributed by atoms with Crippen LogP contribution in [0.3, 0.4) is 0 Å². The van der Waals surface area contributed by atoms with E-state index in [1.807, 2.05) is 18.4 Å². The van der Waals surface area contributed by atoms with Gasteiger partial charge in [-0.15, -0.1) is 11.3 Å². The van der Waals surface area contributed by atoms with E-state index in [0.717, 1.165) is 16.7 Å². The number of aryl methyl sites for hydroxylation is 1. The van der Waals surface area contributed by atoms with Gasteiger partial charge in [0.05, 0.1) is 12.9 Å². The number of carbonyl (C=O) groups is 1. The molecular formula is C10H12O3S. The smallest absolute Gasteiger partial charge is 0.342 e. The molecule has 0 aliphatic heterocycles. The molecule has 1 rings (SSSR count). The van der Waals surface area contributed by atoms with Crippen LogP contribution in [0.5, 0.6) is 0 Å². The van der Waals surface area contributed by atoms with E-state index in [2.05, 4.69) is 0 Å². The van der Waals surface area contributed by atoms with Crippen molar-refractivity contribution in [3.05, 3.63) is 28.1 Å². The largest absolute Gasteiger partial charge is 0.515 e. The van der Waals surface area contributed by atoms with Gasteiger partial charge in [0, 0.05) is 4.88 Å². The molecular weight excluding hydrogens is 200 g/mol. The summed E-state index contributed by atoms with van der Waals surface area (Å²) >= 11 is 1.41. The topological polar surface area (TPSA) is 46.5 Å². The Kier molecular flexibility index (Phi) is 3.71. The molecule has 0 spiro atoms. The molecule has 76 valence electrons. The second-order valence-electron chi connectivity index (χ2n) is 2.70. The lowest BCUT2D eigenvalue weighted by molar-refractivity contribution is -0.136. The molecule has 14 heavy (non-hydrogen) atoms. The molecule has 1 aromatic rings. The van der Waals surface area contributed by atoms with Gasteiger partial charge in [-0.25, -0.2) is 4.79 Å². The van der Waals surface area contributed by atoms with Crippen molar-refractivity contribution in [3.8, 4) is 0 Å². The van der Waals surface area contributed by atoms with Gasteiger partial charge in [-0.05, 0) is 30.9 Å². The second kappa shape index (κ2) is 4.81. The molecule has 0 radical (unpaired) electrons. The Balaban J connectivity index is 2.95. The van der Waals surface area contributed by atoms with Crippen molar-refractivity contribution in [2.24, 2.45) is 0 Å². The van der Waals surface area contributed by atoms with Crippen LogP contribution in [0.15, 0.2) is 17.7 Å². The molecule has 0 unspecified atom stereocenters. The van der Waals surface area contributed by atoms with Crippen molar-refractivity contribution in [1.29, 1.82) is 0 Å². The van der Waals surface area contributed by atoms with Crippen molar-refractivity contribution in [2.75, 3.05) is 6.61 Å². The van der Waals surface area contributed by atoms with E-state index in [1.54, 1.807) is 6.92 Å². The molecule has 0 atom stereocenters. The predicted molar refractivity (Wildman–Crippen MR) is 56.3 cm³/mol. The highest BCUT2D eigenvalue weighted by molar-refractivity contribution is 7.11. The summed E-state index contributed by atoms with van der Waals surface area (Å²) in [6.07, 6.45) is 0.802. The third kappa shape index (κ3) is 2.14. The van der Waals surface area contributed by atoms with E-state index in [0.29, 0.717) is 6.61 Å². The first-order valence-electron chi connectivity index (χ1n) is 4.26. The Labute approximate surface area is 86.6 Å². The fraction of sp³-hybridized carbons (Fsp3) is 0.300. The number of rotatable bonds is 3. The summed E-state index contributed by atoms with van der Waals surface area (Å²) in [6.45, 7) is 3.92. The molecule has 1 aromatic heterocycles. The Hall–Kier alpha value is -1.29. The summed E-state index contributed by atoms with van der Waals surface area (Å²) in [5, 5.41) is 10.8. The standard InChI is InChI=1S/C10H12O3S/c1-3-13-10(12)8(6-11)9-7(2)4-5-14-9/h4-6,11H,3H2,1-2H3/b8-6-. The fourth-order valence-corrected chi connectivity index (χ4v) is 1.99. The number of carbonyl (C=O) groups excluding carboxylic acids is 1. The first-order valence-corrected chi connectivity index (χ1v) is 5.14. The van der Waals surface area contributed by atoms with Crippen molar-refractivity contribution in [1.82, 2.24) is 0 Å². The van der Waals surface area contributed by atoms with Gasteiger partial charge in [-0.2, -0.15) is 0 Å². The average molecular weight is 212 g/mol. The fourth-order valence-electron chi connectivity index (χ4n) is 1.06. The molecule has 0 saturated carbocycles. The number of aliphatic hydroxyl groups is 1. The van der Waals surface area contributed by atoms with Gasteiger partial charge in [0.15, 0.2) is 0 Å². The quantitative estimate of drug-likeness (QED) is 0.475. The zero-order valence-electron chi connectivity index (χ0n) is 8.11. The average Bonchev–Trinajstić information content (AvgIpc) is 2.54. The van der Waals surface area contributed by atoms with Crippen LogP contribution in [-0.2, 0) is 9.53 Å². The number of esters is 1. The molecule has 4 heteroatoms. The van der Waals surface area contributed by atoms with E-state index >= 15 is 0 Å². The first kappa shape index (κ1) is 10.8. The molecule has 0 saturated heterocycles. The predicted octanol–water partition coefficient (Wildman–Crippen LogP) is 2.52. The third-order valence-corrected chi connectivity index (χ3v) is 2.78. The van der Waals surface area contributed by atoms with Crippen molar-refractivity contribution < 1.29 is 14.6 Å². The second-order valence-corrected chi connectivity index (χ2v) is 3.61. The Morgan fingerprint density at radius 3 is 2.86 bits per heavy atom. The highest BCUT2D eigenvalue weighted by Gasteiger charge is 2.16. The van der Waals surface area contributed by atoms with E-state index < -0.39 is 5.97 Å². The lowest BCUT2D eigenvalue weighted by Gasteiger charge is -2.04. The van der Waals surface area contributed by atoms with Gasteiger partial charge < -0.3 is 9.84 Å². The summed E-state index contributed by atoms with van der Waals surface area (Å²) in [7, 11) is 0. The summed E-state index contributed by atoms with van der Waals surface area (Å²) in [4.78, 5) is 12.1. The van der Waals surface area contributed by atoms with Crippen molar-refractivity contribution in [2.45, 2.75) is 13.8 Å². The van der Waals surface area contributed by atoms with Crippen LogP contribution in [-0.4, -0.2) is 17.7 Å². The van der Waals surface area contributed by atoms with Crippen LogP contribution in [0.2, 0.25) is 0 Å². The molecule has 0 aliphatic rings. The first-order chi connectivity index (χ1) is 6.70. The lowest BCUT2D eigenvalue weighted by atomic mass is 10.2. The van der Waals surface area contributed by atoms with Gasteiger partial charge in [-0.1, -0.05) is 0 Å². The van der Waals surface area contributed by atoms with E-state index in [1.165, 1.54) is 11.3 Å². The normalized spacial score (nSPS) is 11.4. The molecule has 0 bridgehead atoms. The van der Waals surface area contributed by atoms with Gasteiger partial charge in [0.2, 0.25) is 0 Å². The molecule has 0 aromatic carbocycles. The molecule has 0 amide bonds. The lowest BCUT2D eigenvalue weighted by Crippen LogP contribution is -2.06. The van der Waals surface area contributed by atoms with Crippen molar-refractivity contribution in [3.63, 3.8) is 0 Å². The summed E-state index contributed by atoms with van der Waals surface area (Å²) in [5.41, 5.74) is 1.18. The Bertz CT molecular complexity index is 352. The summed E-state index contributed by atoms with van der Waals surface area (Å²) in [5.74, 6) is -0.486. The number of hydrogen-bond donors (Lipinski definition) is 1. The molecule has 3 nitrogen and oxygen atoms in total. The monoisotopic (exact) mass is 212 g/mol. The molecule has 0 fully saturated rings. The van der Waals surface area contributed by atoms with Gasteiger partial charge >= 0.3 is 5.97 Å². The molecule has 0 aliphatic carbocycles. The van der Waals surface area contributed by atoms with Crippen LogP contribution < -0.4 is 0 Å². The SMILES string of the molecule is CCOC(=O)/C(=C\O)c1sccc1C.